The molecular formula is C26H26N2O4S. The van der Waals surface area contributed by atoms with Crippen molar-refractivity contribution in [1.82, 2.24) is 10.0 Å². The fourth-order valence-corrected chi connectivity index (χ4v) is 4.57. The van der Waals surface area contributed by atoms with Crippen molar-refractivity contribution in [1.29, 1.82) is 0 Å². The van der Waals surface area contributed by atoms with E-state index < -0.39 is 10.0 Å². The molecule has 0 aromatic heterocycles. The van der Waals surface area contributed by atoms with Crippen molar-refractivity contribution in [2.75, 3.05) is 13.2 Å². The van der Waals surface area contributed by atoms with Gasteiger partial charge < -0.3 is 10.1 Å². The van der Waals surface area contributed by atoms with Crippen LogP contribution >= 0.6 is 0 Å². The minimum atomic E-state index is -3.47. The van der Waals surface area contributed by atoms with E-state index in [4.69, 9.17) is 4.74 Å². The molecule has 33 heavy (non-hydrogen) atoms. The van der Waals surface area contributed by atoms with Gasteiger partial charge in [-0.1, -0.05) is 60.7 Å². The van der Waals surface area contributed by atoms with Crippen LogP contribution in [0.4, 0.5) is 0 Å². The molecule has 0 radical (unpaired) electrons. The van der Waals surface area contributed by atoms with E-state index in [2.05, 4.69) is 10.0 Å². The van der Waals surface area contributed by atoms with Gasteiger partial charge in [0.1, 0.15) is 12.4 Å². The third-order valence-electron chi connectivity index (χ3n) is 5.15. The van der Waals surface area contributed by atoms with Crippen molar-refractivity contribution in [3.05, 3.63) is 90.5 Å². The summed E-state index contributed by atoms with van der Waals surface area (Å²) in [6.45, 7) is 0.695. The maximum atomic E-state index is 12.2. The number of sulfonamides is 1. The topological polar surface area (TPSA) is 84.5 Å². The Hall–Kier alpha value is -3.42. The number of hydrogen-bond acceptors (Lipinski definition) is 4. The summed E-state index contributed by atoms with van der Waals surface area (Å²) in [6.07, 6.45) is 4.84. The Morgan fingerprint density at radius 2 is 1.64 bits per heavy atom. The zero-order chi connectivity index (χ0) is 23.1. The van der Waals surface area contributed by atoms with E-state index >= 15 is 0 Å². The molecule has 1 aliphatic rings. The Morgan fingerprint density at radius 1 is 0.939 bits per heavy atom. The molecule has 1 fully saturated rings. The quantitative estimate of drug-likeness (QED) is 0.352. The number of benzene rings is 3. The lowest BCUT2D eigenvalue weighted by atomic mass is 10.1. The Morgan fingerprint density at radius 3 is 2.36 bits per heavy atom. The fourth-order valence-electron chi connectivity index (χ4n) is 3.26. The lowest BCUT2D eigenvalue weighted by molar-refractivity contribution is -0.116. The first-order valence-corrected chi connectivity index (χ1v) is 12.4. The molecule has 0 heterocycles. The molecular weight excluding hydrogens is 436 g/mol. The Labute approximate surface area is 194 Å². The summed E-state index contributed by atoms with van der Waals surface area (Å²) in [4.78, 5) is 12.3. The Kier molecular flexibility index (Phi) is 7.22. The normalized spacial score (nSPS) is 13.7. The number of ether oxygens (including phenoxy) is 1. The number of carbonyl (C=O) groups excluding carboxylic acids is 1. The molecule has 6 nitrogen and oxygen atoms in total. The van der Waals surface area contributed by atoms with Crippen LogP contribution in [0.1, 0.15) is 18.4 Å². The van der Waals surface area contributed by atoms with E-state index in [0.29, 0.717) is 13.2 Å². The van der Waals surface area contributed by atoms with Crippen LogP contribution in [-0.2, 0) is 14.8 Å². The average Bonchev–Trinajstić information content (AvgIpc) is 3.65. The van der Waals surface area contributed by atoms with Crippen molar-refractivity contribution in [3.63, 3.8) is 0 Å². The van der Waals surface area contributed by atoms with E-state index in [1.54, 1.807) is 30.3 Å². The van der Waals surface area contributed by atoms with Gasteiger partial charge in [0.2, 0.25) is 15.9 Å². The van der Waals surface area contributed by atoms with Gasteiger partial charge in [-0.3, -0.25) is 4.79 Å². The van der Waals surface area contributed by atoms with Crippen LogP contribution in [0.2, 0.25) is 0 Å². The zero-order valence-electron chi connectivity index (χ0n) is 18.1. The van der Waals surface area contributed by atoms with Crippen LogP contribution in [0.3, 0.4) is 0 Å². The van der Waals surface area contributed by atoms with Gasteiger partial charge in [-0.2, -0.15) is 0 Å². The molecule has 1 amide bonds. The SMILES string of the molecule is O=C(C=Cc1ccc(S(=O)(=O)NC2CC2)cc1)NCCOc1ccccc1-c1ccccc1. The van der Waals surface area contributed by atoms with Gasteiger partial charge in [0.15, 0.2) is 0 Å². The minimum Gasteiger partial charge on any atom is -0.491 e. The summed E-state index contributed by atoms with van der Waals surface area (Å²) >= 11 is 0. The van der Waals surface area contributed by atoms with Crippen molar-refractivity contribution >= 4 is 22.0 Å². The van der Waals surface area contributed by atoms with Crippen LogP contribution in [0.5, 0.6) is 5.75 Å². The summed E-state index contributed by atoms with van der Waals surface area (Å²) < 4.78 is 32.9. The van der Waals surface area contributed by atoms with Gasteiger partial charge in [-0.15, -0.1) is 0 Å². The molecule has 0 aliphatic heterocycles. The monoisotopic (exact) mass is 462 g/mol. The van der Waals surface area contributed by atoms with Crippen LogP contribution in [0.15, 0.2) is 89.8 Å². The summed E-state index contributed by atoms with van der Waals surface area (Å²) in [5.74, 6) is 0.516. The van der Waals surface area contributed by atoms with Gasteiger partial charge >= 0.3 is 0 Å². The lowest BCUT2D eigenvalue weighted by Gasteiger charge is -2.11. The summed E-state index contributed by atoms with van der Waals surface area (Å²) in [5, 5.41) is 2.79. The second-order valence-corrected chi connectivity index (χ2v) is 9.51. The molecule has 2 N–H and O–H groups in total. The molecule has 1 aliphatic carbocycles. The number of para-hydroxylation sites is 1. The molecule has 0 spiro atoms. The third kappa shape index (κ3) is 6.54. The van der Waals surface area contributed by atoms with E-state index in [0.717, 1.165) is 35.3 Å². The van der Waals surface area contributed by atoms with Crippen LogP contribution < -0.4 is 14.8 Å². The average molecular weight is 463 g/mol. The minimum absolute atomic E-state index is 0.0639. The number of nitrogens with one attached hydrogen (secondary N) is 2. The summed E-state index contributed by atoms with van der Waals surface area (Å²) in [7, 11) is -3.47. The van der Waals surface area contributed by atoms with E-state index in [1.165, 1.54) is 6.08 Å². The number of amides is 1. The predicted molar refractivity (Wildman–Crippen MR) is 129 cm³/mol. The molecule has 0 saturated heterocycles. The van der Waals surface area contributed by atoms with Crippen molar-refractivity contribution < 1.29 is 17.9 Å². The van der Waals surface area contributed by atoms with Gasteiger partial charge in [0.05, 0.1) is 11.4 Å². The van der Waals surface area contributed by atoms with Gasteiger partial charge in [-0.05, 0) is 48.2 Å². The molecule has 170 valence electrons. The first kappa shape index (κ1) is 22.8. The first-order valence-electron chi connectivity index (χ1n) is 10.9. The molecule has 0 bridgehead atoms. The largest absolute Gasteiger partial charge is 0.491 e. The van der Waals surface area contributed by atoms with Crippen molar-refractivity contribution in [3.8, 4) is 16.9 Å². The highest BCUT2D eigenvalue weighted by Crippen LogP contribution is 2.29. The van der Waals surface area contributed by atoms with Crippen LogP contribution in [0, 0.1) is 0 Å². The smallest absolute Gasteiger partial charge is 0.244 e. The highest BCUT2D eigenvalue weighted by atomic mass is 32.2. The van der Waals surface area contributed by atoms with E-state index in [9.17, 15) is 13.2 Å². The van der Waals surface area contributed by atoms with Crippen LogP contribution in [-0.4, -0.2) is 33.5 Å². The number of carbonyl (C=O) groups is 1. The lowest BCUT2D eigenvalue weighted by Crippen LogP contribution is -2.26. The highest BCUT2D eigenvalue weighted by molar-refractivity contribution is 7.89. The molecule has 4 rings (SSSR count). The molecule has 0 atom stereocenters. The first-order chi connectivity index (χ1) is 16.0. The van der Waals surface area contributed by atoms with Gasteiger partial charge in [0.25, 0.3) is 0 Å². The van der Waals surface area contributed by atoms with Crippen molar-refractivity contribution in [2.45, 2.75) is 23.8 Å². The maximum absolute atomic E-state index is 12.2. The van der Waals surface area contributed by atoms with Gasteiger partial charge in [0, 0.05) is 17.7 Å². The Balaban J connectivity index is 1.25. The highest BCUT2D eigenvalue weighted by Gasteiger charge is 2.27. The maximum Gasteiger partial charge on any atom is 0.244 e. The molecule has 3 aromatic carbocycles. The fraction of sp³-hybridized carbons (Fsp3) is 0.192. The second-order valence-electron chi connectivity index (χ2n) is 7.80. The summed E-state index contributed by atoms with van der Waals surface area (Å²) in [5.41, 5.74) is 2.81. The number of hydrogen-bond donors (Lipinski definition) is 2. The molecule has 7 heteroatoms. The van der Waals surface area contributed by atoms with Gasteiger partial charge in [-0.25, -0.2) is 13.1 Å². The standard InChI is InChI=1S/C26H26N2O4S/c29-26(17-12-20-10-15-23(16-11-20)33(30,31)28-22-13-14-22)27-18-19-32-25-9-5-4-8-24(25)21-6-2-1-3-7-21/h1-12,15-17,22,28H,13-14,18-19H2,(H,27,29). The second kappa shape index (κ2) is 10.5. The summed E-state index contributed by atoms with van der Waals surface area (Å²) in [6, 6.07) is 24.3. The predicted octanol–water partition coefficient (Wildman–Crippen LogP) is 4.00. The molecule has 3 aromatic rings. The van der Waals surface area contributed by atoms with Crippen LogP contribution in [0.25, 0.3) is 17.2 Å². The van der Waals surface area contributed by atoms with Crippen molar-refractivity contribution in [2.24, 2.45) is 0 Å². The van der Waals surface area contributed by atoms with E-state index in [1.807, 2.05) is 54.6 Å². The van der Waals surface area contributed by atoms with E-state index in [-0.39, 0.29) is 16.8 Å². The molecule has 1 saturated carbocycles. The molecule has 0 unspecified atom stereocenters. The zero-order valence-corrected chi connectivity index (χ0v) is 18.9. The number of rotatable bonds is 10. The Bertz CT molecular complexity index is 1220. The third-order valence-corrected chi connectivity index (χ3v) is 6.68.